The minimum Gasteiger partial charge on any atom is -0.394 e. The first-order valence-corrected chi connectivity index (χ1v) is 3.62. The first-order chi connectivity index (χ1) is 5.59. The van der Waals surface area contributed by atoms with E-state index in [9.17, 15) is 10.2 Å². The van der Waals surface area contributed by atoms with Gasteiger partial charge in [0.25, 0.3) is 0 Å². The van der Waals surface area contributed by atoms with Gasteiger partial charge in [-0.25, -0.2) is 0 Å². The van der Waals surface area contributed by atoms with E-state index in [1.54, 1.807) is 0 Å². The van der Waals surface area contributed by atoms with E-state index in [1.807, 2.05) is 0 Å². The Morgan fingerprint density at radius 3 is 2.58 bits per heavy atom. The molecule has 12 heavy (non-hydrogen) atoms. The first-order valence-electron chi connectivity index (χ1n) is 3.62. The lowest BCUT2D eigenvalue weighted by Gasteiger charge is -2.29. The van der Waals surface area contributed by atoms with Gasteiger partial charge in [-0.3, -0.25) is 0 Å². The zero-order valence-corrected chi connectivity index (χ0v) is 6.12. The summed E-state index contributed by atoms with van der Waals surface area (Å²) in [5.41, 5.74) is 0. The molecule has 4 N–H and O–H groups in total. The highest BCUT2D eigenvalue weighted by atomic mass is 16.8. The van der Waals surface area contributed by atoms with Gasteiger partial charge in [0.15, 0.2) is 12.4 Å². The summed E-state index contributed by atoms with van der Waals surface area (Å²) in [6.07, 6.45) is -4.48. The largest absolute Gasteiger partial charge is 0.394 e. The van der Waals surface area contributed by atoms with E-state index in [-0.39, 0.29) is 0 Å². The van der Waals surface area contributed by atoms with E-state index in [2.05, 4.69) is 4.74 Å². The van der Waals surface area contributed by atoms with Crippen LogP contribution < -0.4 is 0 Å². The smallest absolute Gasteiger partial charge is 0.227 e. The van der Waals surface area contributed by atoms with Crippen LogP contribution in [-0.2, 0) is 9.47 Å². The Bertz CT molecular complexity index is 196. The average molecular weight is 178 g/mol. The number of hydrogen-bond donors (Lipinski definition) is 4. The van der Waals surface area contributed by atoms with Gasteiger partial charge in [-0.2, -0.15) is 0 Å². The maximum atomic E-state index is 9.37. The fourth-order valence-electron chi connectivity index (χ4n) is 1.40. The molecular weight excluding hydrogens is 168 g/mol. The molecule has 0 unspecified atom stereocenters. The van der Waals surface area contributed by atoms with E-state index in [1.165, 1.54) is 0 Å². The number of hydrogen-bond acceptors (Lipinski definition) is 6. The monoisotopic (exact) mass is 178 g/mol. The molecule has 0 aliphatic carbocycles. The van der Waals surface area contributed by atoms with Crippen molar-refractivity contribution in [3.05, 3.63) is 0 Å². The second-order valence-electron chi connectivity index (χ2n) is 2.98. The Morgan fingerprint density at radius 1 is 1.33 bits per heavy atom. The van der Waals surface area contributed by atoms with Crippen LogP contribution >= 0.6 is 0 Å². The summed E-state index contributed by atoms with van der Waals surface area (Å²) in [6.45, 7) is -0.476. The van der Waals surface area contributed by atoms with E-state index < -0.39 is 37.0 Å². The first kappa shape index (κ1) is 8.36. The molecule has 2 aliphatic heterocycles. The van der Waals surface area contributed by atoms with Crippen LogP contribution in [0.1, 0.15) is 0 Å². The van der Waals surface area contributed by atoms with Gasteiger partial charge in [-0.15, -0.1) is 0 Å². The van der Waals surface area contributed by atoms with Crippen molar-refractivity contribution in [3.63, 3.8) is 0 Å². The number of ether oxygens (including phenoxy) is 2. The van der Waals surface area contributed by atoms with Gasteiger partial charge in [0.05, 0.1) is 6.61 Å². The van der Waals surface area contributed by atoms with Crippen LogP contribution in [0.3, 0.4) is 0 Å². The third-order valence-corrected chi connectivity index (χ3v) is 2.20. The Balaban J connectivity index is 2.13. The van der Waals surface area contributed by atoms with Crippen LogP contribution in [-0.4, -0.2) is 57.4 Å². The van der Waals surface area contributed by atoms with Crippen molar-refractivity contribution >= 4 is 0 Å². The molecule has 2 aliphatic rings. The van der Waals surface area contributed by atoms with Crippen molar-refractivity contribution in [2.75, 3.05) is 6.61 Å². The Morgan fingerprint density at radius 2 is 2.00 bits per heavy atom. The Labute approximate surface area is 68.0 Å². The van der Waals surface area contributed by atoms with Gasteiger partial charge in [0.1, 0.15) is 12.2 Å². The molecular formula is C6H10O6. The minimum absolute atomic E-state index is 0.476. The van der Waals surface area contributed by atoms with E-state index in [0.717, 1.165) is 0 Å². The summed E-state index contributed by atoms with van der Waals surface area (Å²) in [4.78, 5) is 0. The summed E-state index contributed by atoms with van der Waals surface area (Å²) >= 11 is 0. The summed E-state index contributed by atoms with van der Waals surface area (Å²) in [5, 5.41) is 36.4. The number of aliphatic hydroxyl groups excluding tert-OH is 3. The third-order valence-electron chi connectivity index (χ3n) is 2.20. The van der Waals surface area contributed by atoms with Crippen LogP contribution in [0.5, 0.6) is 0 Å². The predicted octanol–water partition coefficient (Wildman–Crippen LogP) is -2.86. The lowest BCUT2D eigenvalue weighted by molar-refractivity contribution is -0.231. The third kappa shape index (κ3) is 0.905. The number of epoxide rings is 1. The van der Waals surface area contributed by atoms with E-state index >= 15 is 0 Å². The van der Waals surface area contributed by atoms with Gasteiger partial charge in [0.2, 0.25) is 5.79 Å². The van der Waals surface area contributed by atoms with E-state index in [4.69, 9.17) is 14.9 Å². The van der Waals surface area contributed by atoms with Crippen molar-refractivity contribution in [3.8, 4) is 0 Å². The molecule has 0 aromatic rings. The number of aliphatic hydroxyl groups is 4. The molecule has 0 radical (unpaired) electrons. The van der Waals surface area contributed by atoms with Gasteiger partial charge in [0, 0.05) is 0 Å². The second-order valence-corrected chi connectivity index (χ2v) is 2.98. The van der Waals surface area contributed by atoms with Crippen molar-refractivity contribution < 1.29 is 29.9 Å². The molecule has 2 heterocycles. The molecule has 6 heteroatoms. The zero-order chi connectivity index (χ0) is 8.93. The van der Waals surface area contributed by atoms with Crippen molar-refractivity contribution in [2.24, 2.45) is 0 Å². The minimum atomic E-state index is -1.73. The number of rotatable bonds is 1. The van der Waals surface area contributed by atoms with Gasteiger partial charge >= 0.3 is 0 Å². The zero-order valence-electron chi connectivity index (χ0n) is 6.12. The van der Waals surface area contributed by atoms with Crippen molar-refractivity contribution in [1.29, 1.82) is 0 Å². The van der Waals surface area contributed by atoms with Crippen LogP contribution in [0.15, 0.2) is 0 Å². The fraction of sp³-hybridized carbons (Fsp3) is 1.00. The van der Waals surface area contributed by atoms with Crippen molar-refractivity contribution in [1.82, 2.24) is 0 Å². The second kappa shape index (κ2) is 2.38. The maximum Gasteiger partial charge on any atom is 0.227 e. The Hall–Kier alpha value is -0.240. The molecule has 2 fully saturated rings. The van der Waals surface area contributed by atoms with Crippen LogP contribution in [0, 0.1) is 0 Å². The standard InChI is InChI=1S/C6H10O6/c7-1-2-3(8)6(10)4(12-6)5(9)11-2/h2-5,7-10H,1H2/t2-,3-,4-,5+,6+/m1/s1. The molecule has 0 aromatic carbocycles. The highest BCUT2D eigenvalue weighted by Crippen LogP contribution is 2.44. The Kier molecular flexibility index (Phi) is 1.66. The molecule has 0 spiro atoms. The summed E-state index contributed by atoms with van der Waals surface area (Å²) in [5.74, 6) is -1.73. The lowest BCUT2D eigenvalue weighted by atomic mass is 10.0. The van der Waals surface area contributed by atoms with E-state index in [0.29, 0.717) is 0 Å². The predicted molar refractivity (Wildman–Crippen MR) is 33.8 cm³/mol. The molecule has 2 rings (SSSR count). The summed E-state index contributed by atoms with van der Waals surface area (Å²) < 4.78 is 9.38. The van der Waals surface area contributed by atoms with Gasteiger partial charge < -0.3 is 29.9 Å². The normalized spacial score (nSPS) is 58.0. The average Bonchev–Trinajstić information content (AvgIpc) is 2.73. The highest BCUT2D eigenvalue weighted by Gasteiger charge is 2.69. The molecule has 0 amide bonds. The summed E-state index contributed by atoms with van der Waals surface area (Å²) in [7, 11) is 0. The number of fused-ring (bicyclic) bond motifs is 1. The SMILES string of the molecule is OC[C@H]1O[C@H](O)[C@H]2O[C@@]2(O)[C@@H]1O. The molecule has 0 saturated carbocycles. The molecule has 0 bridgehead atoms. The molecule has 5 atom stereocenters. The fourth-order valence-corrected chi connectivity index (χ4v) is 1.40. The van der Waals surface area contributed by atoms with Crippen LogP contribution in [0.2, 0.25) is 0 Å². The topological polar surface area (TPSA) is 103 Å². The maximum absolute atomic E-state index is 9.37. The lowest BCUT2D eigenvalue weighted by Crippen LogP contribution is -2.53. The molecule has 2 saturated heterocycles. The quantitative estimate of drug-likeness (QED) is 0.322. The molecule has 70 valence electrons. The van der Waals surface area contributed by atoms with Gasteiger partial charge in [-0.05, 0) is 0 Å². The highest BCUT2D eigenvalue weighted by molar-refractivity contribution is 5.06. The molecule has 0 aromatic heterocycles. The van der Waals surface area contributed by atoms with Crippen LogP contribution in [0.4, 0.5) is 0 Å². The molecule has 6 nitrogen and oxygen atoms in total. The van der Waals surface area contributed by atoms with Gasteiger partial charge in [-0.1, -0.05) is 0 Å². The van der Waals surface area contributed by atoms with Crippen molar-refractivity contribution in [2.45, 2.75) is 30.4 Å². The van der Waals surface area contributed by atoms with Crippen LogP contribution in [0.25, 0.3) is 0 Å². The summed E-state index contributed by atoms with van der Waals surface area (Å²) in [6, 6.07) is 0.